The maximum absolute atomic E-state index is 6.04. The van der Waals surface area contributed by atoms with E-state index < -0.39 is 8.07 Å². The molecule has 3 atom stereocenters. The molecule has 3 aliphatic rings. The summed E-state index contributed by atoms with van der Waals surface area (Å²) < 4.78 is 16.1. The highest BCUT2D eigenvalue weighted by Gasteiger charge is 2.42. The molecule has 0 spiro atoms. The molecule has 0 N–H and O–H groups in total. The molecule has 0 aromatic carbocycles. The van der Waals surface area contributed by atoms with Crippen molar-refractivity contribution in [2.24, 2.45) is 11.8 Å². The Morgan fingerprint density at radius 3 is 2.66 bits per heavy atom. The molecular weight excluding hydrogens is 454 g/mol. The fourth-order valence-corrected chi connectivity index (χ4v) is 6.79. The van der Waals surface area contributed by atoms with Crippen molar-refractivity contribution in [2.75, 3.05) is 26.4 Å². The van der Waals surface area contributed by atoms with E-state index in [0.717, 1.165) is 42.5 Å². The number of fused-ring (bicyclic) bond motifs is 3. The van der Waals surface area contributed by atoms with Crippen molar-refractivity contribution in [1.29, 1.82) is 0 Å². The molecule has 0 unspecified atom stereocenters. The van der Waals surface area contributed by atoms with Gasteiger partial charge in [0.2, 0.25) is 0 Å². The predicted octanol–water partition coefficient (Wildman–Crippen LogP) is 4.99. The summed E-state index contributed by atoms with van der Waals surface area (Å²) in [4.78, 5) is 12.4. The lowest BCUT2D eigenvalue weighted by Crippen LogP contribution is -2.53. The Bertz CT molecular complexity index is 1180. The zero-order chi connectivity index (χ0) is 24.2. The lowest BCUT2D eigenvalue weighted by Gasteiger charge is -2.41. The first-order valence-corrected chi connectivity index (χ1v) is 17.3. The Morgan fingerprint density at radius 1 is 1.11 bits per heavy atom. The number of hydrogen-bond acceptors (Lipinski definition) is 5. The van der Waals surface area contributed by atoms with Gasteiger partial charge in [-0.15, -0.1) is 0 Å². The SMILES string of the molecule is C[C@@H]1C[C@H](N(CC2CC2)C2COC2)C[C@@H]1c1cnc2cnc3c(ccn3COCC[Si](C)(C)C)n12. The number of aromatic nitrogens is 4. The van der Waals surface area contributed by atoms with Crippen LogP contribution in [-0.2, 0) is 16.2 Å². The van der Waals surface area contributed by atoms with Crippen LogP contribution in [0.3, 0.4) is 0 Å². The third kappa shape index (κ3) is 4.82. The predicted molar refractivity (Wildman–Crippen MR) is 142 cm³/mol. The number of nitrogens with zero attached hydrogens (tertiary/aromatic N) is 5. The minimum Gasteiger partial charge on any atom is -0.378 e. The van der Waals surface area contributed by atoms with Crippen molar-refractivity contribution in [3.63, 3.8) is 0 Å². The molecule has 0 radical (unpaired) electrons. The van der Waals surface area contributed by atoms with Gasteiger partial charge in [0.05, 0.1) is 31.0 Å². The average molecular weight is 496 g/mol. The van der Waals surface area contributed by atoms with Crippen molar-refractivity contribution >= 4 is 24.9 Å². The highest BCUT2D eigenvalue weighted by molar-refractivity contribution is 6.76. The average Bonchev–Trinajstić information content (AvgIpc) is 3.16. The standard InChI is InChI=1S/C27H41N5O2Si/c1-19-11-21(31(15-20-5-6-20)22-16-34-17-22)12-23(19)25-13-28-26-14-29-27-24(32(25)26)7-8-30(27)18-33-9-10-35(2,3)4/h7-8,13-14,19-23H,5-6,9-12,15-18H2,1-4H3/t19-,21+,23+/m1/s1. The van der Waals surface area contributed by atoms with Gasteiger partial charge in [0.25, 0.3) is 0 Å². The Morgan fingerprint density at radius 2 is 1.94 bits per heavy atom. The van der Waals surface area contributed by atoms with Gasteiger partial charge >= 0.3 is 0 Å². The topological polar surface area (TPSA) is 56.8 Å². The van der Waals surface area contributed by atoms with Gasteiger partial charge in [0, 0.05) is 51.3 Å². The molecule has 4 heterocycles. The van der Waals surface area contributed by atoms with E-state index in [1.807, 2.05) is 6.20 Å². The Balaban J connectivity index is 1.23. The van der Waals surface area contributed by atoms with Crippen molar-refractivity contribution < 1.29 is 9.47 Å². The molecule has 2 aliphatic carbocycles. The van der Waals surface area contributed by atoms with Crippen LogP contribution in [0.15, 0.2) is 24.7 Å². The van der Waals surface area contributed by atoms with Gasteiger partial charge in [-0.1, -0.05) is 26.6 Å². The van der Waals surface area contributed by atoms with E-state index in [2.05, 4.69) is 58.9 Å². The molecule has 6 rings (SSSR count). The van der Waals surface area contributed by atoms with Crippen LogP contribution in [0.25, 0.3) is 16.8 Å². The summed E-state index contributed by atoms with van der Waals surface area (Å²) in [5.41, 5.74) is 4.41. The monoisotopic (exact) mass is 495 g/mol. The summed E-state index contributed by atoms with van der Waals surface area (Å²) in [6.45, 7) is 14.1. The molecule has 0 amide bonds. The van der Waals surface area contributed by atoms with Gasteiger partial charge < -0.3 is 14.0 Å². The van der Waals surface area contributed by atoms with E-state index in [4.69, 9.17) is 19.4 Å². The van der Waals surface area contributed by atoms with Gasteiger partial charge in [-0.05, 0) is 49.6 Å². The van der Waals surface area contributed by atoms with Crippen molar-refractivity contribution in [3.8, 4) is 0 Å². The van der Waals surface area contributed by atoms with E-state index >= 15 is 0 Å². The smallest absolute Gasteiger partial charge is 0.159 e. The Labute approximate surface area is 209 Å². The minimum atomic E-state index is -1.09. The molecule has 8 heteroatoms. The number of rotatable bonds is 10. The van der Waals surface area contributed by atoms with Crippen LogP contribution < -0.4 is 0 Å². The zero-order valence-corrected chi connectivity index (χ0v) is 22.8. The summed E-state index contributed by atoms with van der Waals surface area (Å²) >= 11 is 0. The first-order chi connectivity index (χ1) is 16.9. The van der Waals surface area contributed by atoms with Crippen LogP contribution in [0.5, 0.6) is 0 Å². The molecule has 3 aromatic rings. The van der Waals surface area contributed by atoms with E-state index in [9.17, 15) is 0 Å². The molecule has 1 aliphatic heterocycles. The van der Waals surface area contributed by atoms with Gasteiger partial charge in [0.15, 0.2) is 11.3 Å². The maximum atomic E-state index is 6.04. The number of ether oxygens (including phenoxy) is 2. The second-order valence-corrected chi connectivity index (χ2v) is 18.1. The second kappa shape index (κ2) is 9.29. The van der Waals surface area contributed by atoms with Gasteiger partial charge in [-0.3, -0.25) is 9.30 Å². The summed E-state index contributed by atoms with van der Waals surface area (Å²) in [6.07, 6.45) is 11.4. The summed E-state index contributed by atoms with van der Waals surface area (Å²) in [7, 11) is -1.09. The lowest BCUT2D eigenvalue weighted by molar-refractivity contribution is -0.0806. The zero-order valence-electron chi connectivity index (χ0n) is 21.8. The molecule has 2 saturated carbocycles. The van der Waals surface area contributed by atoms with E-state index in [0.29, 0.717) is 30.7 Å². The Hall–Kier alpha value is -1.74. The van der Waals surface area contributed by atoms with E-state index in [1.165, 1.54) is 44.0 Å². The molecule has 7 nitrogen and oxygen atoms in total. The Kier molecular flexibility index (Phi) is 6.27. The molecule has 3 fully saturated rings. The quantitative estimate of drug-likeness (QED) is 0.293. The highest BCUT2D eigenvalue weighted by Crippen LogP contribution is 2.44. The largest absolute Gasteiger partial charge is 0.378 e. The highest BCUT2D eigenvalue weighted by atomic mass is 28.3. The molecule has 190 valence electrons. The third-order valence-corrected chi connectivity index (χ3v) is 10.2. The molecule has 0 bridgehead atoms. The number of hydrogen-bond donors (Lipinski definition) is 0. The molecule has 35 heavy (non-hydrogen) atoms. The minimum absolute atomic E-state index is 0.514. The normalized spacial score (nSPS) is 25.8. The second-order valence-electron chi connectivity index (χ2n) is 12.5. The third-order valence-electron chi connectivity index (χ3n) is 8.46. The van der Waals surface area contributed by atoms with Crippen molar-refractivity contribution in [2.45, 2.75) is 83.0 Å². The fourth-order valence-electron chi connectivity index (χ4n) is 6.03. The van der Waals surface area contributed by atoms with Crippen LogP contribution in [0.2, 0.25) is 25.7 Å². The summed E-state index contributed by atoms with van der Waals surface area (Å²) in [5.74, 6) is 2.07. The van der Waals surface area contributed by atoms with Crippen molar-refractivity contribution in [1.82, 2.24) is 23.8 Å². The first kappa shape index (κ1) is 23.6. The van der Waals surface area contributed by atoms with Crippen LogP contribution in [-0.4, -0.2) is 70.4 Å². The van der Waals surface area contributed by atoms with Crippen LogP contribution in [0.4, 0.5) is 0 Å². The fraction of sp³-hybridized carbons (Fsp3) is 0.704. The summed E-state index contributed by atoms with van der Waals surface area (Å²) in [5, 5.41) is 0. The molecular formula is C27H41N5O2Si. The molecule has 1 saturated heterocycles. The van der Waals surface area contributed by atoms with Gasteiger partial charge in [0.1, 0.15) is 6.73 Å². The number of imidazole rings is 1. The van der Waals surface area contributed by atoms with E-state index in [1.54, 1.807) is 0 Å². The van der Waals surface area contributed by atoms with Crippen LogP contribution >= 0.6 is 0 Å². The van der Waals surface area contributed by atoms with Gasteiger partial charge in [-0.25, -0.2) is 9.97 Å². The van der Waals surface area contributed by atoms with Gasteiger partial charge in [-0.2, -0.15) is 0 Å². The molecule has 3 aromatic heterocycles. The van der Waals surface area contributed by atoms with Crippen LogP contribution in [0, 0.1) is 11.8 Å². The maximum Gasteiger partial charge on any atom is 0.159 e. The van der Waals surface area contributed by atoms with E-state index in [-0.39, 0.29) is 0 Å². The van der Waals surface area contributed by atoms with Crippen LogP contribution in [0.1, 0.15) is 44.2 Å². The van der Waals surface area contributed by atoms with Crippen molar-refractivity contribution in [3.05, 3.63) is 30.4 Å². The lowest BCUT2D eigenvalue weighted by atomic mass is 9.95. The summed E-state index contributed by atoms with van der Waals surface area (Å²) in [6, 6.07) is 4.64. The first-order valence-electron chi connectivity index (χ1n) is 13.6.